The maximum absolute atomic E-state index is 12.7. The van der Waals surface area contributed by atoms with Crippen LogP contribution in [0.4, 0.5) is 11.4 Å². The number of carboxylic acid groups (broad SMARTS) is 1. The van der Waals surface area contributed by atoms with Gasteiger partial charge in [0, 0.05) is 86.7 Å². The molecule has 0 radical (unpaired) electrons. The van der Waals surface area contributed by atoms with Gasteiger partial charge in [-0.05, 0) is 104 Å². The molecule has 2 N–H and O–H groups in total. The number of rotatable bonds is 22. The second-order valence-electron chi connectivity index (χ2n) is 17.4. The number of fused-ring (bicyclic) bond motifs is 6. The van der Waals surface area contributed by atoms with Crippen molar-refractivity contribution < 1.29 is 88.8 Å². The minimum absolute atomic E-state index is 0.0190. The lowest BCUT2D eigenvalue weighted by Gasteiger charge is -2.31. The number of benzene rings is 4. The number of hydrogen-bond donors (Lipinski definition) is 2. The predicted molar refractivity (Wildman–Crippen MR) is 249 cm³/mol. The molecule has 0 aromatic heterocycles. The van der Waals surface area contributed by atoms with E-state index in [9.17, 15) is 74.8 Å². The standard InChI is InChI=1S/C44H52N2O19S5/c1-43(17-21-64-3)38(45(19-7-5-6-12-40(47)48)34-15-13-30-32(41(34)43)24-28(67(52,53)54)26-36(30)69(58,59)60)10-8-11-39-44(2,18-22-65-4)42-33-25-29(68(55,56)57)27-37(70(61,62)63)31(33)14-16-35(42)46(39)20-9-23-66(49,50)51/h8,10-11,13-16,24-27H,5-7,9,12,17-23H2,1-4H3,(H5-,47,48,49,50,51,52,53,54,55,56,57,58,59,60,61,62,63)/p-3. The van der Waals surface area contributed by atoms with Crippen LogP contribution in [-0.4, -0.2) is 132 Å². The number of nitrogens with zero attached hydrogens (tertiary/aromatic N) is 2. The summed E-state index contributed by atoms with van der Waals surface area (Å²) in [5.41, 5.74) is -0.363. The first kappa shape index (κ1) is 54.6. The third-order valence-corrected chi connectivity index (χ3v) is 17.0. The van der Waals surface area contributed by atoms with Crippen LogP contribution in [0.25, 0.3) is 21.5 Å². The molecule has 70 heavy (non-hydrogen) atoms. The Hall–Kier alpha value is -4.71. The molecule has 2 aliphatic heterocycles. The van der Waals surface area contributed by atoms with E-state index in [1.807, 2.05) is 4.90 Å². The van der Waals surface area contributed by atoms with E-state index < -0.39 is 92.7 Å². The van der Waals surface area contributed by atoms with Crippen molar-refractivity contribution in [1.82, 2.24) is 0 Å². The topological polar surface area (TPSA) is 345 Å². The summed E-state index contributed by atoms with van der Waals surface area (Å²) in [7, 11) is -23.2. The molecule has 0 fully saturated rings. The summed E-state index contributed by atoms with van der Waals surface area (Å²) in [6, 6.07) is 8.55. The molecule has 0 saturated carbocycles. The van der Waals surface area contributed by atoms with Crippen LogP contribution < -0.4 is 4.90 Å². The average Bonchev–Trinajstić information content (AvgIpc) is 3.62. The fourth-order valence-electron chi connectivity index (χ4n) is 9.66. The van der Waals surface area contributed by atoms with Gasteiger partial charge in [0.15, 0.2) is 5.71 Å². The number of hydrogen-bond acceptors (Lipinski definition) is 18. The van der Waals surface area contributed by atoms with Crippen molar-refractivity contribution in [2.75, 3.05) is 51.2 Å². The van der Waals surface area contributed by atoms with Gasteiger partial charge in [-0.2, -0.15) is 13.0 Å². The Morgan fingerprint density at radius 3 is 1.71 bits per heavy atom. The van der Waals surface area contributed by atoms with E-state index in [4.69, 9.17) is 9.47 Å². The lowest BCUT2D eigenvalue weighted by molar-refractivity contribution is -0.437. The maximum Gasteiger partial charge on any atom is 0.303 e. The molecule has 0 spiro atoms. The number of anilines is 1. The van der Waals surface area contributed by atoms with Gasteiger partial charge in [0.1, 0.15) is 47.0 Å². The Balaban J connectivity index is 1.66. The summed E-state index contributed by atoms with van der Waals surface area (Å²) in [5, 5.41) is 8.79. The van der Waals surface area contributed by atoms with Crippen LogP contribution in [0.2, 0.25) is 0 Å². The fraction of sp³-hybridized carbons (Fsp3) is 0.409. The lowest BCUT2D eigenvalue weighted by atomic mass is 9.74. The largest absolute Gasteiger partial charge is 0.744 e. The third kappa shape index (κ3) is 11.2. The molecule has 382 valence electrons. The maximum atomic E-state index is 12.7. The molecule has 0 bridgehead atoms. The zero-order chi connectivity index (χ0) is 52.0. The van der Waals surface area contributed by atoms with Crippen LogP contribution in [0.3, 0.4) is 0 Å². The van der Waals surface area contributed by atoms with Gasteiger partial charge < -0.3 is 37.7 Å². The van der Waals surface area contributed by atoms with Gasteiger partial charge in [0.2, 0.25) is 5.69 Å². The van der Waals surface area contributed by atoms with E-state index in [-0.39, 0.29) is 79.1 Å². The second-order valence-corrected chi connectivity index (χ2v) is 24.4. The highest BCUT2D eigenvalue weighted by atomic mass is 32.2. The highest BCUT2D eigenvalue weighted by molar-refractivity contribution is 7.87. The molecule has 4 aromatic rings. The summed E-state index contributed by atoms with van der Waals surface area (Å²) in [6.45, 7) is 3.64. The van der Waals surface area contributed by atoms with Crippen LogP contribution in [-0.2, 0) is 75.7 Å². The Bertz CT molecular complexity index is 3460. The summed E-state index contributed by atoms with van der Waals surface area (Å²) >= 11 is 0. The van der Waals surface area contributed by atoms with Crippen LogP contribution in [0.5, 0.6) is 0 Å². The summed E-state index contributed by atoms with van der Waals surface area (Å²) < 4.78 is 197. The van der Waals surface area contributed by atoms with E-state index in [2.05, 4.69) is 0 Å². The van der Waals surface area contributed by atoms with Crippen LogP contribution in [0.1, 0.15) is 69.9 Å². The molecule has 0 amide bonds. The zero-order valence-electron chi connectivity index (χ0n) is 38.1. The predicted octanol–water partition coefficient (Wildman–Crippen LogP) is 4.18. The van der Waals surface area contributed by atoms with Crippen molar-refractivity contribution in [1.29, 1.82) is 0 Å². The molecule has 0 aliphatic carbocycles. The number of methoxy groups -OCH3 is 2. The van der Waals surface area contributed by atoms with E-state index >= 15 is 0 Å². The van der Waals surface area contributed by atoms with Gasteiger partial charge in [-0.25, -0.2) is 33.7 Å². The van der Waals surface area contributed by atoms with Gasteiger partial charge in [-0.15, -0.1) is 0 Å². The number of aliphatic carboxylic acids is 1. The Morgan fingerprint density at radius 1 is 0.686 bits per heavy atom. The van der Waals surface area contributed by atoms with Crippen molar-refractivity contribution in [2.24, 2.45) is 0 Å². The minimum atomic E-state index is -5.40. The molecule has 4 aromatic carbocycles. The monoisotopic (exact) mass is 1070 g/mol. The van der Waals surface area contributed by atoms with Gasteiger partial charge in [0.05, 0.1) is 30.7 Å². The van der Waals surface area contributed by atoms with Crippen LogP contribution in [0.15, 0.2) is 92.0 Å². The number of carbonyl (C=O) groups is 1. The van der Waals surface area contributed by atoms with Crippen molar-refractivity contribution in [2.45, 2.75) is 89.2 Å². The Kier molecular flexibility index (Phi) is 15.7. The molecule has 0 saturated heterocycles. The second kappa shape index (κ2) is 20.1. The van der Waals surface area contributed by atoms with Crippen molar-refractivity contribution in [3.63, 3.8) is 0 Å². The summed E-state index contributed by atoms with van der Waals surface area (Å²) in [4.78, 5) is 9.31. The van der Waals surface area contributed by atoms with Crippen LogP contribution >= 0.6 is 0 Å². The van der Waals surface area contributed by atoms with E-state index in [0.717, 1.165) is 12.1 Å². The van der Waals surface area contributed by atoms with E-state index in [1.54, 1.807) is 42.7 Å². The molecule has 2 unspecified atom stereocenters. The Morgan fingerprint density at radius 2 is 1.21 bits per heavy atom. The highest BCUT2D eigenvalue weighted by Gasteiger charge is 2.49. The van der Waals surface area contributed by atoms with Crippen molar-refractivity contribution in [3.8, 4) is 0 Å². The van der Waals surface area contributed by atoms with E-state index in [1.165, 1.54) is 32.4 Å². The highest BCUT2D eigenvalue weighted by Crippen LogP contribution is 2.54. The smallest absolute Gasteiger partial charge is 0.303 e. The fourth-order valence-corrected chi connectivity index (χ4v) is 12.8. The van der Waals surface area contributed by atoms with Crippen molar-refractivity contribution in [3.05, 3.63) is 83.6 Å². The quantitative estimate of drug-likeness (QED) is 0.0633. The molecule has 6 rings (SSSR count). The van der Waals surface area contributed by atoms with Gasteiger partial charge in [0.25, 0.3) is 10.1 Å². The molecule has 26 heteroatoms. The molecular weight excluding hydrogens is 1020 g/mol. The first-order chi connectivity index (χ1) is 32.4. The summed E-state index contributed by atoms with van der Waals surface area (Å²) in [5.74, 6) is -1.70. The first-order valence-corrected chi connectivity index (χ1v) is 28.6. The minimum Gasteiger partial charge on any atom is -0.744 e. The number of allylic oxidation sites excluding steroid dienone is 4. The van der Waals surface area contributed by atoms with Gasteiger partial charge in [-0.3, -0.25) is 9.35 Å². The van der Waals surface area contributed by atoms with Gasteiger partial charge >= 0.3 is 5.97 Å². The molecule has 21 nitrogen and oxygen atoms in total. The molecule has 2 atom stereocenters. The average molecular weight is 1070 g/mol. The molecular formula is C44H49N2O19S5-3. The SMILES string of the molecule is COCCC1(C)C(/C=C/C=C2/N(CCCCCC(=O)O)c3ccc4c(S(=O)(=O)[O-])cc(S(=O)(=O)[O-])cc4c3C2(C)CCOC)=[N+](CCCS(=O)(=O)O)c2ccc3c(S(=O)(=O)[O-])cc(S(=O)(=O)[O-])cc3c21. The zero-order valence-corrected chi connectivity index (χ0v) is 42.2. The third-order valence-electron chi connectivity index (χ3n) is 12.8. The number of unbranched alkanes of at least 4 members (excludes halogenated alkanes) is 2. The van der Waals surface area contributed by atoms with Crippen molar-refractivity contribution >= 4 is 95.2 Å². The number of carboxylic acids is 1. The Labute approximate surface area is 405 Å². The molecule has 2 heterocycles. The lowest BCUT2D eigenvalue weighted by Crippen LogP contribution is -2.33. The van der Waals surface area contributed by atoms with Crippen LogP contribution in [0, 0.1) is 0 Å². The number of ether oxygens (including phenoxy) is 2. The normalized spacial score (nSPS) is 19.6. The molecule has 2 aliphatic rings. The van der Waals surface area contributed by atoms with E-state index in [0.29, 0.717) is 59.7 Å². The first-order valence-electron chi connectivity index (χ1n) is 21.4. The van der Waals surface area contributed by atoms with Gasteiger partial charge in [-0.1, -0.05) is 18.6 Å². The summed E-state index contributed by atoms with van der Waals surface area (Å²) in [6.07, 6.45) is 6.00.